The minimum Gasteiger partial charge on any atom is -0.309 e. The molecule has 2 atom stereocenters. The maximum absolute atomic E-state index is 4.32. The summed E-state index contributed by atoms with van der Waals surface area (Å²) in [5.41, 5.74) is 2.56. The summed E-state index contributed by atoms with van der Waals surface area (Å²) in [6, 6.07) is 1.28. The zero-order chi connectivity index (χ0) is 10.4. The Labute approximate surface area is 90.0 Å². The van der Waals surface area contributed by atoms with Crippen molar-refractivity contribution in [2.75, 3.05) is 0 Å². The van der Waals surface area contributed by atoms with E-state index < -0.39 is 0 Å². The normalized spacial score (nSPS) is 29.3. The van der Waals surface area contributed by atoms with E-state index in [2.05, 4.69) is 34.2 Å². The van der Waals surface area contributed by atoms with Crippen molar-refractivity contribution in [2.45, 2.75) is 57.7 Å². The van der Waals surface area contributed by atoms with Crippen LogP contribution < -0.4 is 5.32 Å². The molecular weight excluding hydrogens is 188 g/mol. The third kappa shape index (κ3) is 1.47. The monoisotopic (exact) mass is 206 g/mol. The van der Waals surface area contributed by atoms with E-state index in [-0.39, 0.29) is 0 Å². The fourth-order valence-corrected chi connectivity index (χ4v) is 2.80. The van der Waals surface area contributed by atoms with Gasteiger partial charge in [-0.3, -0.25) is 0 Å². The first-order chi connectivity index (χ1) is 7.24. The molecule has 1 fully saturated rings. The van der Waals surface area contributed by atoms with Gasteiger partial charge >= 0.3 is 0 Å². The lowest BCUT2D eigenvalue weighted by Gasteiger charge is -2.11. The van der Waals surface area contributed by atoms with Crippen molar-refractivity contribution in [3.05, 3.63) is 11.4 Å². The van der Waals surface area contributed by atoms with E-state index in [1.165, 1.54) is 24.2 Å². The molecule has 2 aliphatic heterocycles. The number of rotatable bonds is 1. The molecule has 1 saturated heterocycles. The molecule has 1 N–H and O–H groups in total. The minimum atomic E-state index is 0.491. The van der Waals surface area contributed by atoms with E-state index in [4.69, 9.17) is 0 Å². The van der Waals surface area contributed by atoms with E-state index >= 15 is 0 Å². The van der Waals surface area contributed by atoms with Crippen molar-refractivity contribution in [1.82, 2.24) is 20.3 Å². The molecule has 0 aliphatic carbocycles. The third-order valence-electron chi connectivity index (χ3n) is 3.58. The van der Waals surface area contributed by atoms with Crippen LogP contribution in [0.1, 0.15) is 44.0 Å². The first-order valence-electron chi connectivity index (χ1n) is 5.92. The largest absolute Gasteiger partial charge is 0.309 e. The summed E-state index contributed by atoms with van der Waals surface area (Å²) in [4.78, 5) is 0. The number of nitrogens with one attached hydrogen (secondary N) is 1. The summed E-state index contributed by atoms with van der Waals surface area (Å²) >= 11 is 0. The summed E-state index contributed by atoms with van der Waals surface area (Å²) < 4.78 is 2.12. The lowest BCUT2D eigenvalue weighted by atomic mass is 10.0. The van der Waals surface area contributed by atoms with Gasteiger partial charge in [-0.1, -0.05) is 19.1 Å². The van der Waals surface area contributed by atoms with Crippen molar-refractivity contribution >= 4 is 0 Å². The summed E-state index contributed by atoms with van der Waals surface area (Å²) in [5, 5.41) is 12.3. The van der Waals surface area contributed by atoms with Crippen LogP contribution >= 0.6 is 0 Å². The zero-order valence-corrected chi connectivity index (χ0v) is 9.40. The molecule has 1 aromatic heterocycles. The molecule has 15 heavy (non-hydrogen) atoms. The molecular formula is C11H18N4. The van der Waals surface area contributed by atoms with Crippen molar-refractivity contribution in [1.29, 1.82) is 0 Å². The highest BCUT2D eigenvalue weighted by molar-refractivity contribution is 5.17. The van der Waals surface area contributed by atoms with Gasteiger partial charge in [0.2, 0.25) is 0 Å². The Morgan fingerprint density at radius 3 is 2.93 bits per heavy atom. The van der Waals surface area contributed by atoms with Gasteiger partial charge in [0.05, 0.1) is 17.9 Å². The molecule has 2 bridgehead atoms. The van der Waals surface area contributed by atoms with E-state index in [1.807, 2.05) is 0 Å². The standard InChI is InChI=1S/C11H18N4/c1-7(2)11-10-5-8-3-4-9(12-8)6-15(10)14-13-11/h7-9,12H,3-6H2,1-2H3/t8-,9+/m1/s1. The molecule has 0 radical (unpaired) electrons. The number of aromatic nitrogens is 3. The van der Waals surface area contributed by atoms with Gasteiger partial charge in [-0.2, -0.15) is 0 Å². The van der Waals surface area contributed by atoms with Crippen LogP contribution in [-0.2, 0) is 13.0 Å². The van der Waals surface area contributed by atoms with Gasteiger partial charge in [-0.25, -0.2) is 4.68 Å². The van der Waals surface area contributed by atoms with Gasteiger partial charge in [-0.15, -0.1) is 5.10 Å². The van der Waals surface area contributed by atoms with Crippen LogP contribution in [-0.4, -0.2) is 27.1 Å². The SMILES string of the molecule is CC(C)c1nnn2c1C[C@H]1CC[C@@H](C2)N1. The number of hydrogen-bond acceptors (Lipinski definition) is 3. The van der Waals surface area contributed by atoms with Crippen molar-refractivity contribution in [2.24, 2.45) is 0 Å². The second-order valence-electron chi connectivity index (χ2n) is 5.10. The summed E-state index contributed by atoms with van der Waals surface area (Å²) in [6.07, 6.45) is 3.71. The Balaban J connectivity index is 1.99. The van der Waals surface area contributed by atoms with Gasteiger partial charge in [0.1, 0.15) is 0 Å². The van der Waals surface area contributed by atoms with Crippen molar-refractivity contribution < 1.29 is 0 Å². The number of fused-ring (bicyclic) bond motifs is 3. The predicted octanol–water partition coefficient (Wildman–Crippen LogP) is 1.08. The first-order valence-corrected chi connectivity index (χ1v) is 5.92. The van der Waals surface area contributed by atoms with Crippen LogP contribution in [0.2, 0.25) is 0 Å². The molecule has 0 saturated carbocycles. The minimum absolute atomic E-state index is 0.491. The van der Waals surface area contributed by atoms with Crippen LogP contribution in [0.5, 0.6) is 0 Å². The molecule has 2 aliphatic rings. The molecule has 0 spiro atoms. The van der Waals surface area contributed by atoms with Gasteiger partial charge in [-0.05, 0) is 18.8 Å². The van der Waals surface area contributed by atoms with E-state index in [9.17, 15) is 0 Å². The Morgan fingerprint density at radius 1 is 1.33 bits per heavy atom. The van der Waals surface area contributed by atoms with E-state index in [0.717, 1.165) is 13.0 Å². The lowest BCUT2D eigenvalue weighted by Crippen LogP contribution is -2.30. The average molecular weight is 206 g/mol. The van der Waals surface area contributed by atoms with Crippen LogP contribution in [0.15, 0.2) is 0 Å². The van der Waals surface area contributed by atoms with Crippen molar-refractivity contribution in [3.8, 4) is 0 Å². The number of hydrogen-bond donors (Lipinski definition) is 1. The molecule has 3 heterocycles. The Kier molecular flexibility index (Phi) is 2.06. The maximum Gasteiger partial charge on any atom is 0.0885 e. The van der Waals surface area contributed by atoms with Gasteiger partial charge in [0, 0.05) is 18.5 Å². The van der Waals surface area contributed by atoms with Crippen molar-refractivity contribution in [3.63, 3.8) is 0 Å². The first kappa shape index (κ1) is 9.33. The van der Waals surface area contributed by atoms with E-state index in [1.54, 1.807) is 0 Å². The lowest BCUT2D eigenvalue weighted by molar-refractivity contribution is 0.468. The highest BCUT2D eigenvalue weighted by Crippen LogP contribution is 2.26. The fourth-order valence-electron chi connectivity index (χ4n) is 2.80. The Hall–Kier alpha value is -0.900. The Morgan fingerprint density at radius 2 is 2.13 bits per heavy atom. The average Bonchev–Trinajstić information content (AvgIpc) is 2.70. The highest BCUT2D eigenvalue weighted by Gasteiger charge is 2.31. The van der Waals surface area contributed by atoms with E-state index in [0.29, 0.717) is 18.0 Å². The fraction of sp³-hybridized carbons (Fsp3) is 0.818. The molecule has 1 aromatic rings. The van der Waals surface area contributed by atoms with Crippen LogP contribution in [0.25, 0.3) is 0 Å². The molecule has 4 heteroatoms. The summed E-state index contributed by atoms with van der Waals surface area (Å²) in [6.45, 7) is 5.40. The molecule has 82 valence electrons. The summed E-state index contributed by atoms with van der Waals surface area (Å²) in [7, 11) is 0. The topological polar surface area (TPSA) is 42.7 Å². The highest BCUT2D eigenvalue weighted by atomic mass is 15.4. The summed E-state index contributed by atoms with van der Waals surface area (Å²) in [5.74, 6) is 0.491. The van der Waals surface area contributed by atoms with Gasteiger partial charge < -0.3 is 5.32 Å². The van der Waals surface area contributed by atoms with Gasteiger partial charge in [0.25, 0.3) is 0 Å². The zero-order valence-electron chi connectivity index (χ0n) is 9.40. The van der Waals surface area contributed by atoms with Crippen LogP contribution in [0, 0.1) is 0 Å². The molecule has 3 rings (SSSR count). The quantitative estimate of drug-likeness (QED) is 0.747. The second kappa shape index (κ2) is 3.30. The molecule has 0 amide bonds. The third-order valence-corrected chi connectivity index (χ3v) is 3.58. The van der Waals surface area contributed by atoms with Gasteiger partial charge in [0.15, 0.2) is 0 Å². The second-order valence-corrected chi connectivity index (χ2v) is 5.10. The molecule has 0 unspecified atom stereocenters. The smallest absolute Gasteiger partial charge is 0.0885 e. The maximum atomic E-state index is 4.32. The molecule has 4 nitrogen and oxygen atoms in total. The molecule has 0 aromatic carbocycles. The van der Waals surface area contributed by atoms with Crippen LogP contribution in [0.3, 0.4) is 0 Å². The number of nitrogens with zero attached hydrogens (tertiary/aromatic N) is 3. The van der Waals surface area contributed by atoms with Crippen LogP contribution in [0.4, 0.5) is 0 Å². The Bertz CT molecular complexity index is 369. The predicted molar refractivity (Wildman–Crippen MR) is 57.8 cm³/mol.